The minimum Gasteiger partial charge on any atom is -0.478 e. The normalized spacial score (nSPS) is 34.3. The summed E-state index contributed by atoms with van der Waals surface area (Å²) in [5.41, 5.74) is 22.6. The first-order chi connectivity index (χ1) is 61.4. The number of alkyl halides is 2. The summed E-state index contributed by atoms with van der Waals surface area (Å²) in [6.07, 6.45) is 71.0. The highest BCUT2D eigenvalue weighted by molar-refractivity contribution is 5.79. The predicted molar refractivity (Wildman–Crippen MR) is 537 cm³/mol. The zero-order chi connectivity index (χ0) is 93.3. The van der Waals surface area contributed by atoms with Gasteiger partial charge in [-0.3, -0.25) is 0 Å². The number of carboxylic acid groups (broad SMARTS) is 1. The van der Waals surface area contributed by atoms with E-state index in [9.17, 15) is 34.0 Å². The molecule has 2 aromatic carbocycles. The van der Waals surface area contributed by atoms with Crippen LogP contribution >= 0.6 is 0 Å². The van der Waals surface area contributed by atoms with E-state index in [1.165, 1.54) is 114 Å². The molecule has 0 saturated heterocycles. The van der Waals surface area contributed by atoms with Crippen molar-refractivity contribution in [2.45, 2.75) is 337 Å². The van der Waals surface area contributed by atoms with Crippen LogP contribution in [0.1, 0.15) is 313 Å². The van der Waals surface area contributed by atoms with E-state index in [-0.39, 0.29) is 52.3 Å². The van der Waals surface area contributed by atoms with E-state index in [4.69, 9.17) is 10.2 Å². The maximum Gasteiger partial charge on any atom is 0.327 e. The molecule has 14 rings (SSSR count). The number of carbonyl (C=O) groups is 1. The number of fused-ring (bicyclic) bond motifs is 4. The quantitative estimate of drug-likeness (QED) is 0.0455. The van der Waals surface area contributed by atoms with Gasteiger partial charge in [-0.05, 0) is 349 Å². The molecule has 0 heterocycles. The molecule has 20 atom stereocenters. The number of aliphatic hydroxyl groups is 5. The van der Waals surface area contributed by atoms with Gasteiger partial charge in [0.05, 0.1) is 30.0 Å². The van der Waals surface area contributed by atoms with E-state index in [0.717, 1.165) is 132 Å². The topological polar surface area (TPSA) is 138 Å². The lowest BCUT2D eigenvalue weighted by atomic mass is 9.62. The third kappa shape index (κ3) is 25.1. The van der Waals surface area contributed by atoms with Gasteiger partial charge in [-0.2, -0.15) is 0 Å². The molecule has 8 saturated carbocycles. The Bertz CT molecular complexity index is 4780. The molecule has 12 aliphatic carbocycles. The highest BCUT2D eigenvalue weighted by Crippen LogP contribution is 2.62. The molecule has 0 aromatic heterocycles. The lowest BCUT2D eigenvalue weighted by molar-refractivity contribution is -0.131. The van der Waals surface area contributed by atoms with Crippen LogP contribution in [0, 0.1) is 80.8 Å². The fraction of sp³-hybridized carbons (Fsp3) is 0.558. The Balaban J connectivity index is 0.000000167. The summed E-state index contributed by atoms with van der Waals surface area (Å²) in [6, 6.07) is 20.8. The maximum absolute atomic E-state index is 14.9. The molecule has 0 amide bonds. The van der Waals surface area contributed by atoms with Crippen LogP contribution in [0.25, 0.3) is 0 Å². The van der Waals surface area contributed by atoms with Crippen LogP contribution in [0.5, 0.6) is 0 Å². The molecule has 8 fully saturated rings. The van der Waals surface area contributed by atoms with Gasteiger partial charge < -0.3 is 30.6 Å². The molecule has 20 unspecified atom stereocenters. The average molecular weight is 1760 g/mol. The second kappa shape index (κ2) is 45.4. The first-order valence-electron chi connectivity index (χ1n) is 50.2. The number of aliphatic hydroxyl groups excluding tert-OH is 3. The van der Waals surface area contributed by atoms with Gasteiger partial charge in [0.25, 0.3) is 0 Å². The molecular weight excluding hydrogens is 1590 g/mol. The zero-order valence-electron chi connectivity index (χ0n) is 81.7. The summed E-state index contributed by atoms with van der Waals surface area (Å²) in [4.78, 5) is 10.8. The minimum atomic E-state index is -0.960. The van der Waals surface area contributed by atoms with Gasteiger partial charge in [-0.1, -0.05) is 330 Å². The molecule has 6 N–H and O–H groups in total. The predicted octanol–water partition coefficient (Wildman–Crippen LogP) is 30.3. The summed E-state index contributed by atoms with van der Waals surface area (Å²) in [5, 5.41) is 59.3. The molecule has 9 heteroatoms. The Morgan fingerprint density at radius 1 is 0.465 bits per heavy atom. The number of carboxylic acids is 1. The van der Waals surface area contributed by atoms with E-state index in [1.54, 1.807) is 28.4 Å². The first kappa shape index (κ1) is 102. The zero-order valence-corrected chi connectivity index (χ0v) is 81.7. The van der Waals surface area contributed by atoms with E-state index in [0.29, 0.717) is 89.6 Å². The van der Waals surface area contributed by atoms with Gasteiger partial charge in [0.1, 0.15) is 12.3 Å². The van der Waals surface area contributed by atoms with Crippen molar-refractivity contribution in [3.05, 3.63) is 309 Å². The second-order valence-corrected chi connectivity index (χ2v) is 43.0. The highest BCUT2D eigenvalue weighted by Gasteiger charge is 2.50. The maximum atomic E-state index is 14.9. The van der Waals surface area contributed by atoms with Gasteiger partial charge in [0.2, 0.25) is 0 Å². The largest absolute Gasteiger partial charge is 0.478 e. The van der Waals surface area contributed by atoms with Crippen molar-refractivity contribution in [2.75, 3.05) is 6.61 Å². The van der Waals surface area contributed by atoms with Gasteiger partial charge in [-0.25, -0.2) is 13.6 Å². The van der Waals surface area contributed by atoms with Crippen molar-refractivity contribution in [2.24, 2.45) is 80.8 Å². The molecule has 0 spiro atoms. The van der Waals surface area contributed by atoms with Crippen LogP contribution in [0.15, 0.2) is 298 Å². The van der Waals surface area contributed by atoms with E-state index in [1.807, 2.05) is 56.3 Å². The SMILES string of the molecule is C=C1/C(=C\C=C2/CCCC3(C)C(C(C)C/C=C/C(=O)O)=CCC23)CC(O)CC1c1ccccc1.C=C1/C(=C\C=C2/CCCC3(C)C(C(C)C/C=C/C(C)(C)O)=CCC23)CC(C)CC1F.C=C1/C(=C\C=C2/CCCC3(C)C(C(C)C/C=C/C(O)(CC)CC)=CCC23)CC(O)CC1C.C=C1/C(=C\C=C2/CCCC3(C)C(C(C)C/C=C/CO)=CCC23)CC(c2ccccc2)CC1F. The number of hydrogen-bond donors (Lipinski definition) is 6. The summed E-state index contributed by atoms with van der Waals surface area (Å²) in [5.74, 6) is 4.33. The summed E-state index contributed by atoms with van der Waals surface area (Å²) in [7, 11) is 0. The number of aliphatic carboxylic acids is 1. The van der Waals surface area contributed by atoms with Crippen LogP contribution in [0.3, 0.4) is 0 Å². The van der Waals surface area contributed by atoms with E-state index >= 15 is 0 Å². The van der Waals surface area contributed by atoms with Gasteiger partial charge >= 0.3 is 5.97 Å². The molecule has 2 aromatic rings. The van der Waals surface area contributed by atoms with Crippen molar-refractivity contribution in [1.29, 1.82) is 0 Å². The Kier molecular flexibility index (Phi) is 35.9. The highest BCUT2D eigenvalue weighted by atomic mass is 19.1. The lowest BCUT2D eigenvalue weighted by Crippen LogP contribution is -2.32. The van der Waals surface area contributed by atoms with Crippen molar-refractivity contribution < 1.29 is 44.2 Å². The van der Waals surface area contributed by atoms with Crippen molar-refractivity contribution in [3.63, 3.8) is 0 Å². The van der Waals surface area contributed by atoms with Crippen LogP contribution in [-0.4, -0.2) is 79.0 Å². The van der Waals surface area contributed by atoms with Crippen LogP contribution in [0.2, 0.25) is 0 Å². The Morgan fingerprint density at radius 3 is 1.23 bits per heavy atom. The lowest BCUT2D eigenvalue weighted by Gasteiger charge is -2.42. The monoisotopic (exact) mass is 1760 g/mol. The number of allylic oxidation sites excluding steroid dienone is 30. The van der Waals surface area contributed by atoms with Crippen molar-refractivity contribution in [3.8, 4) is 0 Å². The van der Waals surface area contributed by atoms with E-state index in [2.05, 4.69) is 237 Å². The minimum absolute atomic E-state index is 0.114. The Hall–Kier alpha value is -7.63. The first-order valence-corrected chi connectivity index (χ1v) is 50.2. The Morgan fingerprint density at radius 2 is 0.829 bits per heavy atom. The smallest absolute Gasteiger partial charge is 0.327 e. The van der Waals surface area contributed by atoms with Crippen molar-refractivity contribution >= 4 is 5.97 Å². The number of benzene rings is 2. The number of halogens is 2. The molecule has 0 bridgehead atoms. The van der Waals surface area contributed by atoms with Gasteiger partial charge in [0, 0.05) is 12.0 Å². The molecular formula is C120H164F2O7. The third-order valence-corrected chi connectivity index (χ3v) is 33.3. The van der Waals surface area contributed by atoms with Crippen LogP contribution in [0.4, 0.5) is 8.78 Å². The Labute approximate surface area is 778 Å². The van der Waals surface area contributed by atoms with Gasteiger partial charge in [0.15, 0.2) is 0 Å². The third-order valence-electron chi connectivity index (χ3n) is 33.3. The average Bonchev–Trinajstić information content (AvgIpc) is 1.62. The van der Waals surface area contributed by atoms with Crippen LogP contribution < -0.4 is 0 Å². The van der Waals surface area contributed by atoms with Gasteiger partial charge in [-0.15, -0.1) is 0 Å². The summed E-state index contributed by atoms with van der Waals surface area (Å²) >= 11 is 0. The standard InChI is InChI=1S/C31H39FO.C31H38O3.C30H46O2.C28H41FO/c1-22(10-7-8-19-33)28-16-17-29-25(13-9-18-31(28,29)3)14-15-26-20-27(21-30(32)23(26)2)24-11-5-4-6-12-24;1-21(9-7-13-30(33)34)28-16-17-29-24(12-8-18-31(28,29)3)14-15-25-19-26(32)20-27(22(25)2)23-10-5-4-6-11-23;1-7-30(32,8-2)18-9-11-21(3)27-15-16-28-24(12-10-17-29(27,28)6)13-14-25-20-26(31)19-22(4)23(25)5;1-19-17-23(21(3)26(29)18-19)12-11-22-10-8-16-28(6)24(13-14-25(22)28)20(2)9-7-15-27(4,5)30/h4-8,11-12,14-16,22,27,29-30,33H,2,9-10,13,17-21H2,1,3H3;4-7,10-11,13-16,21,26-27,29,32H,2,8-9,12,17-20H2,1,3H3,(H,33,34);9,13-15,18,21-22,26,28,31-32H,5,7-8,10-12,16-17,19-20H2,1-4,6H3;7,11-13,15,19-20,25-26,30H,3,8-10,14,16-18H2,1-2,4-6H3/b8-7+,25-14+,26-15-;13-7+,24-14+,25-15-;18-9+,24-13+,25-14-;15-7+,22-11+,23-12-. The second-order valence-electron chi connectivity index (χ2n) is 43.0. The van der Waals surface area contributed by atoms with Crippen LogP contribution in [-0.2, 0) is 4.79 Å². The number of hydrogen-bond acceptors (Lipinski definition) is 6. The summed E-state index contributed by atoms with van der Waals surface area (Å²) < 4.78 is 29.1. The molecule has 129 heavy (non-hydrogen) atoms. The molecule has 7 nitrogen and oxygen atoms in total. The fourth-order valence-corrected chi connectivity index (χ4v) is 25.6. The summed E-state index contributed by atoms with van der Waals surface area (Å²) in [6.45, 7) is 48.1. The molecule has 0 aliphatic heterocycles. The molecule has 700 valence electrons. The van der Waals surface area contributed by atoms with Crippen molar-refractivity contribution in [1.82, 2.24) is 0 Å². The number of rotatable bonds is 24. The van der Waals surface area contributed by atoms with E-state index < -0.39 is 29.5 Å². The fourth-order valence-electron chi connectivity index (χ4n) is 25.6. The molecule has 0 radical (unpaired) electrons. The molecule has 12 aliphatic rings.